The van der Waals surface area contributed by atoms with Gasteiger partial charge in [-0.25, -0.2) is 13.9 Å². The Kier molecular flexibility index (Phi) is 4.05. The molecule has 0 unspecified atom stereocenters. The van der Waals surface area contributed by atoms with Gasteiger partial charge in [0.15, 0.2) is 6.29 Å². The lowest BCUT2D eigenvalue weighted by atomic mass is 10.2. The van der Waals surface area contributed by atoms with Crippen molar-refractivity contribution < 1.29 is 18.7 Å². The van der Waals surface area contributed by atoms with Crippen molar-refractivity contribution >= 4 is 40.7 Å². The minimum absolute atomic E-state index is 0.209. The van der Waals surface area contributed by atoms with Crippen LogP contribution in [0.4, 0.5) is 14.9 Å². The summed E-state index contributed by atoms with van der Waals surface area (Å²) >= 11 is 1.88. The predicted molar refractivity (Wildman–Crippen MR) is 82.1 cm³/mol. The van der Waals surface area contributed by atoms with Gasteiger partial charge >= 0.3 is 6.09 Å². The van der Waals surface area contributed by atoms with E-state index in [1.807, 2.05) is 22.6 Å². The van der Waals surface area contributed by atoms with E-state index in [0.29, 0.717) is 15.5 Å². The molecule has 0 aliphatic carbocycles. The van der Waals surface area contributed by atoms with Crippen molar-refractivity contribution in [2.75, 3.05) is 11.4 Å². The van der Waals surface area contributed by atoms with Crippen molar-refractivity contribution in [2.45, 2.75) is 12.6 Å². The van der Waals surface area contributed by atoms with Crippen molar-refractivity contribution in [3.05, 3.63) is 39.5 Å². The van der Waals surface area contributed by atoms with Crippen LogP contribution in [0.3, 0.4) is 0 Å². The molecule has 3 rings (SSSR count). The summed E-state index contributed by atoms with van der Waals surface area (Å²) < 4.78 is 20.7. The molecule has 1 atom stereocenters. The van der Waals surface area contributed by atoms with Crippen LogP contribution in [0.5, 0.6) is 0 Å². The highest BCUT2D eigenvalue weighted by Gasteiger charge is 2.33. The molecule has 0 N–H and O–H groups in total. The maximum atomic E-state index is 13.6. The maximum absolute atomic E-state index is 13.6. The van der Waals surface area contributed by atoms with E-state index in [0.717, 1.165) is 0 Å². The van der Waals surface area contributed by atoms with Gasteiger partial charge in [0.05, 0.1) is 25.0 Å². The van der Waals surface area contributed by atoms with Crippen LogP contribution in [0.1, 0.15) is 10.5 Å². The third-order valence-corrected chi connectivity index (χ3v) is 4.03. The molecule has 0 saturated carbocycles. The number of cyclic esters (lactones) is 1. The van der Waals surface area contributed by atoms with Crippen molar-refractivity contribution in [1.82, 2.24) is 15.0 Å². The Hall–Kier alpha value is -2.04. The number of halogens is 2. The first-order valence-electron chi connectivity index (χ1n) is 6.35. The molecule has 22 heavy (non-hydrogen) atoms. The third kappa shape index (κ3) is 2.93. The van der Waals surface area contributed by atoms with Crippen molar-refractivity contribution in [1.29, 1.82) is 0 Å². The van der Waals surface area contributed by atoms with Gasteiger partial charge in [0, 0.05) is 3.57 Å². The number of hydrogen-bond acceptors (Lipinski definition) is 5. The van der Waals surface area contributed by atoms with Crippen LogP contribution in [-0.4, -0.2) is 40.0 Å². The Balaban J connectivity index is 1.72. The number of ether oxygens (including phenoxy) is 1. The van der Waals surface area contributed by atoms with Crippen LogP contribution in [0.2, 0.25) is 0 Å². The summed E-state index contributed by atoms with van der Waals surface area (Å²) in [6.07, 6.45) is 1.07. The summed E-state index contributed by atoms with van der Waals surface area (Å²) in [7, 11) is 0. The molecule has 1 fully saturated rings. The van der Waals surface area contributed by atoms with E-state index < -0.39 is 12.2 Å². The molecule has 9 heteroatoms. The van der Waals surface area contributed by atoms with E-state index in [2.05, 4.69) is 10.3 Å². The van der Waals surface area contributed by atoms with E-state index in [4.69, 9.17) is 4.74 Å². The van der Waals surface area contributed by atoms with Crippen LogP contribution in [-0.2, 0) is 11.3 Å². The number of rotatable bonds is 4. The predicted octanol–water partition coefficient (Wildman–Crippen LogP) is 1.86. The summed E-state index contributed by atoms with van der Waals surface area (Å²) in [5.74, 6) is -0.388. The molecule has 0 radical (unpaired) electrons. The van der Waals surface area contributed by atoms with E-state index in [9.17, 15) is 14.0 Å². The molecule has 1 aromatic heterocycles. The Bertz CT molecular complexity index is 736. The number of aldehydes is 1. The molecular formula is C13H10FIN4O3. The fourth-order valence-corrected chi connectivity index (χ4v) is 2.48. The number of benzene rings is 1. The summed E-state index contributed by atoms with van der Waals surface area (Å²) in [6, 6.07) is 4.56. The lowest BCUT2D eigenvalue weighted by Gasteiger charge is -2.13. The van der Waals surface area contributed by atoms with Gasteiger partial charge in [-0.15, -0.1) is 5.10 Å². The van der Waals surface area contributed by atoms with Gasteiger partial charge in [0.25, 0.3) is 0 Å². The van der Waals surface area contributed by atoms with Gasteiger partial charge in [0.1, 0.15) is 17.6 Å². The van der Waals surface area contributed by atoms with Crippen LogP contribution in [0.25, 0.3) is 0 Å². The Morgan fingerprint density at radius 3 is 3.00 bits per heavy atom. The number of nitrogens with zero attached hydrogens (tertiary/aromatic N) is 4. The molecule has 0 spiro atoms. The Labute approximate surface area is 138 Å². The average molecular weight is 416 g/mol. The molecule has 0 bridgehead atoms. The number of carbonyl (C=O) groups is 2. The Morgan fingerprint density at radius 1 is 1.50 bits per heavy atom. The summed E-state index contributed by atoms with van der Waals surface area (Å²) in [5.41, 5.74) is 0.651. The van der Waals surface area contributed by atoms with Gasteiger partial charge in [-0.2, -0.15) is 0 Å². The number of aromatic nitrogens is 3. The second-order valence-electron chi connectivity index (χ2n) is 4.70. The lowest BCUT2D eigenvalue weighted by molar-refractivity contribution is 0.111. The van der Waals surface area contributed by atoms with E-state index in [-0.39, 0.29) is 24.6 Å². The van der Waals surface area contributed by atoms with Gasteiger partial charge < -0.3 is 4.74 Å². The monoisotopic (exact) mass is 416 g/mol. The second kappa shape index (κ2) is 5.99. The zero-order valence-electron chi connectivity index (χ0n) is 11.1. The molecule has 7 nitrogen and oxygen atoms in total. The lowest BCUT2D eigenvalue weighted by Crippen LogP contribution is -2.26. The SMILES string of the molecule is O=Cc1cn(C[C@H]2CN(c3ccc(I)c(F)c3)C(=O)O2)nn1. The number of anilines is 1. The molecule has 1 aliphatic rings. The minimum Gasteiger partial charge on any atom is -0.442 e. The highest BCUT2D eigenvalue weighted by Crippen LogP contribution is 2.25. The zero-order chi connectivity index (χ0) is 15.7. The standard InChI is InChI=1S/C13H10FIN4O3/c14-11-3-9(1-2-12(11)15)19-6-10(22-13(19)21)5-18-4-8(7-20)16-17-18/h1-4,7,10H,5-6H2/t10-/m0/s1. The molecule has 114 valence electrons. The van der Waals surface area contributed by atoms with Crippen molar-refractivity contribution in [3.63, 3.8) is 0 Å². The fourth-order valence-electron chi connectivity index (χ4n) is 2.15. The number of carbonyl (C=O) groups excluding carboxylic acids is 2. The molecular weight excluding hydrogens is 406 g/mol. The highest BCUT2D eigenvalue weighted by molar-refractivity contribution is 14.1. The van der Waals surface area contributed by atoms with Gasteiger partial charge in [-0.3, -0.25) is 9.69 Å². The molecule has 1 aliphatic heterocycles. The van der Waals surface area contributed by atoms with Gasteiger partial charge in [-0.1, -0.05) is 5.21 Å². The highest BCUT2D eigenvalue weighted by atomic mass is 127. The van der Waals surface area contributed by atoms with Crippen LogP contribution in [0, 0.1) is 9.39 Å². The quantitative estimate of drug-likeness (QED) is 0.562. The maximum Gasteiger partial charge on any atom is 0.414 e. The number of hydrogen-bond donors (Lipinski definition) is 0. The normalized spacial score (nSPS) is 17.6. The summed E-state index contributed by atoms with van der Waals surface area (Å²) in [4.78, 5) is 23.8. The Morgan fingerprint density at radius 2 is 2.32 bits per heavy atom. The van der Waals surface area contributed by atoms with Crippen molar-refractivity contribution in [2.24, 2.45) is 0 Å². The summed E-state index contributed by atoms with van der Waals surface area (Å²) in [5, 5.41) is 7.40. The minimum atomic E-state index is -0.540. The molecule has 1 saturated heterocycles. The second-order valence-corrected chi connectivity index (χ2v) is 5.86. The number of amides is 1. The first kappa shape index (κ1) is 14.9. The topological polar surface area (TPSA) is 77.3 Å². The van der Waals surface area contributed by atoms with E-state index >= 15 is 0 Å². The summed E-state index contributed by atoms with van der Waals surface area (Å²) in [6.45, 7) is 0.547. The molecule has 2 heterocycles. The smallest absolute Gasteiger partial charge is 0.414 e. The first-order chi connectivity index (χ1) is 10.6. The molecule has 2 aromatic rings. The van der Waals surface area contributed by atoms with Crippen LogP contribution < -0.4 is 4.90 Å². The van der Waals surface area contributed by atoms with Crippen LogP contribution in [0.15, 0.2) is 24.4 Å². The van der Waals surface area contributed by atoms with E-state index in [1.54, 1.807) is 12.1 Å². The van der Waals surface area contributed by atoms with Gasteiger partial charge in [0.2, 0.25) is 0 Å². The van der Waals surface area contributed by atoms with Crippen molar-refractivity contribution in [3.8, 4) is 0 Å². The fraction of sp³-hybridized carbons (Fsp3) is 0.231. The zero-order valence-corrected chi connectivity index (χ0v) is 13.3. The van der Waals surface area contributed by atoms with Crippen LogP contribution >= 0.6 is 22.6 Å². The molecule has 1 aromatic carbocycles. The first-order valence-corrected chi connectivity index (χ1v) is 7.43. The largest absolute Gasteiger partial charge is 0.442 e. The third-order valence-electron chi connectivity index (χ3n) is 3.16. The van der Waals surface area contributed by atoms with Gasteiger partial charge in [-0.05, 0) is 40.8 Å². The average Bonchev–Trinajstić information content (AvgIpc) is 3.09. The van der Waals surface area contributed by atoms with E-state index in [1.165, 1.54) is 21.8 Å². The molecule has 1 amide bonds.